The van der Waals surface area contributed by atoms with Crippen LogP contribution in [0.4, 0.5) is 0 Å². The topological polar surface area (TPSA) is 41.1 Å². The van der Waals surface area contributed by atoms with Crippen LogP contribution in [0.15, 0.2) is 0 Å². The van der Waals surface area contributed by atoms with Gasteiger partial charge in [-0.15, -0.1) is 0 Å². The van der Waals surface area contributed by atoms with Crippen molar-refractivity contribution < 1.29 is 4.79 Å². The molecule has 0 aromatic heterocycles. The number of hydrogen-bond acceptors (Lipinski definition) is 3. The van der Waals surface area contributed by atoms with E-state index in [1.54, 1.807) is 0 Å². The van der Waals surface area contributed by atoms with Crippen molar-refractivity contribution in [3.8, 4) is 0 Å². The lowest BCUT2D eigenvalue weighted by molar-refractivity contribution is -0.124. The molecule has 0 fully saturated rings. The SMILES string of the molecule is CCC(C)(C)NC(=O)C(C)NCCC(C)SC. The second kappa shape index (κ2) is 7.98. The van der Waals surface area contributed by atoms with Crippen LogP contribution in [0.2, 0.25) is 0 Å². The molecule has 0 saturated carbocycles. The number of nitrogens with one attached hydrogen (secondary N) is 2. The highest BCUT2D eigenvalue weighted by molar-refractivity contribution is 7.99. The average molecular weight is 260 g/mol. The molecule has 0 aliphatic rings. The van der Waals surface area contributed by atoms with Crippen LogP contribution in [0.3, 0.4) is 0 Å². The molecular formula is C13H28N2OS. The maximum absolute atomic E-state index is 11.9. The maximum atomic E-state index is 11.9. The third-order valence-corrected chi connectivity index (χ3v) is 4.18. The summed E-state index contributed by atoms with van der Waals surface area (Å²) in [6.45, 7) is 11.2. The molecule has 3 nitrogen and oxygen atoms in total. The van der Waals surface area contributed by atoms with Crippen LogP contribution >= 0.6 is 11.8 Å². The van der Waals surface area contributed by atoms with Crippen molar-refractivity contribution in [2.45, 2.75) is 64.3 Å². The maximum Gasteiger partial charge on any atom is 0.237 e. The lowest BCUT2D eigenvalue weighted by atomic mass is 10.0. The minimum absolute atomic E-state index is 0.0913. The van der Waals surface area contributed by atoms with Crippen LogP contribution in [-0.4, -0.2) is 35.5 Å². The summed E-state index contributed by atoms with van der Waals surface area (Å²) in [6, 6.07) is -0.116. The van der Waals surface area contributed by atoms with Crippen molar-refractivity contribution in [2.24, 2.45) is 0 Å². The Labute approximate surface area is 111 Å². The van der Waals surface area contributed by atoms with Gasteiger partial charge in [-0.2, -0.15) is 11.8 Å². The van der Waals surface area contributed by atoms with Crippen molar-refractivity contribution >= 4 is 17.7 Å². The first-order valence-electron chi connectivity index (χ1n) is 6.40. The Balaban J connectivity index is 3.90. The van der Waals surface area contributed by atoms with E-state index < -0.39 is 0 Å². The van der Waals surface area contributed by atoms with E-state index in [4.69, 9.17) is 0 Å². The van der Waals surface area contributed by atoms with Gasteiger partial charge in [0.15, 0.2) is 0 Å². The van der Waals surface area contributed by atoms with E-state index in [-0.39, 0.29) is 17.5 Å². The molecule has 0 rings (SSSR count). The van der Waals surface area contributed by atoms with Crippen LogP contribution in [0.5, 0.6) is 0 Å². The number of hydrogen-bond donors (Lipinski definition) is 2. The van der Waals surface area contributed by atoms with Crippen LogP contribution in [-0.2, 0) is 4.79 Å². The molecule has 0 aromatic rings. The predicted molar refractivity (Wildman–Crippen MR) is 77.6 cm³/mol. The molecule has 0 aromatic carbocycles. The first-order valence-corrected chi connectivity index (χ1v) is 7.69. The van der Waals surface area contributed by atoms with Gasteiger partial charge in [-0.05, 0) is 46.4 Å². The fraction of sp³-hybridized carbons (Fsp3) is 0.923. The molecule has 0 aliphatic carbocycles. The van der Waals surface area contributed by atoms with Gasteiger partial charge in [0, 0.05) is 10.8 Å². The molecule has 4 heteroatoms. The molecule has 0 radical (unpaired) electrons. The Morgan fingerprint density at radius 3 is 2.41 bits per heavy atom. The van der Waals surface area contributed by atoms with E-state index in [2.05, 4.69) is 30.7 Å². The van der Waals surface area contributed by atoms with Gasteiger partial charge in [-0.3, -0.25) is 4.79 Å². The Morgan fingerprint density at radius 2 is 1.94 bits per heavy atom. The zero-order valence-corrected chi connectivity index (χ0v) is 12.9. The van der Waals surface area contributed by atoms with Crippen molar-refractivity contribution in [1.29, 1.82) is 0 Å². The lowest BCUT2D eigenvalue weighted by Crippen LogP contribution is -2.50. The van der Waals surface area contributed by atoms with Crippen molar-refractivity contribution in [3.63, 3.8) is 0 Å². The molecule has 2 N–H and O–H groups in total. The number of carbonyl (C=O) groups excluding carboxylic acids is 1. The van der Waals surface area contributed by atoms with Crippen molar-refractivity contribution in [1.82, 2.24) is 10.6 Å². The van der Waals surface area contributed by atoms with Crippen LogP contribution in [0, 0.1) is 0 Å². The Morgan fingerprint density at radius 1 is 1.35 bits per heavy atom. The predicted octanol–water partition coefficient (Wildman–Crippen LogP) is 2.41. The zero-order valence-electron chi connectivity index (χ0n) is 12.1. The highest BCUT2D eigenvalue weighted by atomic mass is 32.2. The number of amides is 1. The van der Waals surface area contributed by atoms with Gasteiger partial charge in [0.05, 0.1) is 6.04 Å². The molecule has 102 valence electrons. The molecule has 0 spiro atoms. The summed E-state index contributed by atoms with van der Waals surface area (Å²) < 4.78 is 0. The normalized spacial score (nSPS) is 15.4. The molecular weight excluding hydrogens is 232 g/mol. The summed E-state index contributed by atoms with van der Waals surface area (Å²) in [6.07, 6.45) is 4.15. The van der Waals surface area contributed by atoms with Gasteiger partial charge in [-0.1, -0.05) is 13.8 Å². The van der Waals surface area contributed by atoms with E-state index in [0.717, 1.165) is 19.4 Å². The monoisotopic (exact) mass is 260 g/mol. The summed E-state index contributed by atoms with van der Waals surface area (Å²) in [5.74, 6) is 0.0913. The summed E-state index contributed by atoms with van der Waals surface area (Å²) in [4.78, 5) is 11.9. The van der Waals surface area contributed by atoms with Crippen LogP contribution < -0.4 is 10.6 Å². The number of rotatable bonds is 8. The lowest BCUT2D eigenvalue weighted by Gasteiger charge is -2.27. The molecule has 0 heterocycles. The van der Waals surface area contributed by atoms with Gasteiger partial charge in [0.25, 0.3) is 0 Å². The minimum atomic E-state index is -0.116. The van der Waals surface area contributed by atoms with Gasteiger partial charge < -0.3 is 10.6 Å². The van der Waals surface area contributed by atoms with Crippen molar-refractivity contribution in [2.75, 3.05) is 12.8 Å². The molecule has 2 unspecified atom stereocenters. The zero-order chi connectivity index (χ0) is 13.5. The van der Waals surface area contributed by atoms with Gasteiger partial charge >= 0.3 is 0 Å². The van der Waals surface area contributed by atoms with Crippen molar-refractivity contribution in [3.05, 3.63) is 0 Å². The highest BCUT2D eigenvalue weighted by Crippen LogP contribution is 2.09. The van der Waals surface area contributed by atoms with E-state index in [0.29, 0.717) is 5.25 Å². The smallest absolute Gasteiger partial charge is 0.237 e. The highest BCUT2D eigenvalue weighted by Gasteiger charge is 2.21. The quantitative estimate of drug-likeness (QED) is 0.704. The van der Waals surface area contributed by atoms with E-state index in [9.17, 15) is 4.79 Å². The molecule has 1 amide bonds. The first-order chi connectivity index (χ1) is 7.82. The van der Waals surface area contributed by atoms with Gasteiger partial charge in [-0.25, -0.2) is 0 Å². The Bertz CT molecular complexity index is 231. The van der Waals surface area contributed by atoms with Crippen LogP contribution in [0.25, 0.3) is 0 Å². The Kier molecular flexibility index (Phi) is 7.88. The second-order valence-electron chi connectivity index (χ2n) is 5.24. The van der Waals surface area contributed by atoms with E-state index in [1.807, 2.05) is 32.5 Å². The number of carbonyl (C=O) groups is 1. The fourth-order valence-corrected chi connectivity index (χ4v) is 1.60. The fourth-order valence-electron chi connectivity index (χ4n) is 1.24. The minimum Gasteiger partial charge on any atom is -0.350 e. The standard InChI is InChI=1S/C13H28N2OS/c1-7-13(4,5)15-12(16)11(3)14-9-8-10(2)17-6/h10-11,14H,7-9H2,1-6H3,(H,15,16). The van der Waals surface area contributed by atoms with E-state index in [1.165, 1.54) is 0 Å². The second-order valence-corrected chi connectivity index (χ2v) is 6.51. The third-order valence-electron chi connectivity index (χ3n) is 3.14. The Hall–Kier alpha value is -0.220. The van der Waals surface area contributed by atoms with E-state index >= 15 is 0 Å². The van der Waals surface area contributed by atoms with Gasteiger partial charge in [0.2, 0.25) is 5.91 Å². The van der Waals surface area contributed by atoms with Gasteiger partial charge in [0.1, 0.15) is 0 Å². The molecule has 2 atom stereocenters. The molecule has 0 saturated heterocycles. The summed E-state index contributed by atoms with van der Waals surface area (Å²) in [5.41, 5.74) is -0.112. The third kappa shape index (κ3) is 7.66. The average Bonchev–Trinajstić information content (AvgIpc) is 2.28. The summed E-state index contributed by atoms with van der Waals surface area (Å²) in [5, 5.41) is 6.96. The largest absolute Gasteiger partial charge is 0.350 e. The molecule has 0 aliphatic heterocycles. The van der Waals surface area contributed by atoms with Crippen LogP contribution in [0.1, 0.15) is 47.5 Å². The molecule has 17 heavy (non-hydrogen) atoms. The first kappa shape index (κ1) is 16.8. The summed E-state index contributed by atoms with van der Waals surface area (Å²) >= 11 is 1.86. The molecule has 0 bridgehead atoms. The number of thioether (sulfide) groups is 1. The summed E-state index contributed by atoms with van der Waals surface area (Å²) in [7, 11) is 0.